The van der Waals surface area contributed by atoms with Crippen LogP contribution in [0.15, 0.2) is 16.8 Å². The van der Waals surface area contributed by atoms with Crippen LogP contribution in [0, 0.1) is 16.9 Å². The number of allylic oxidation sites excluding steroid dienone is 1. The van der Waals surface area contributed by atoms with E-state index in [4.69, 9.17) is 4.52 Å². The monoisotopic (exact) mass is 231 g/mol. The summed E-state index contributed by atoms with van der Waals surface area (Å²) in [7, 11) is -1.30. The molecule has 0 saturated heterocycles. The summed E-state index contributed by atoms with van der Waals surface area (Å²) in [4.78, 5) is 0. The molecule has 0 amide bonds. The van der Waals surface area contributed by atoms with E-state index in [1.54, 1.807) is 6.20 Å². The molecule has 2 nitrogen and oxygen atoms in total. The lowest BCUT2D eigenvalue weighted by Crippen LogP contribution is -2.21. The van der Waals surface area contributed by atoms with Gasteiger partial charge in [0.2, 0.25) is 0 Å². The standard InChI is InChI=1S/C13H17NOSi/c1-13(7-8-16(2,3)4)6-5-12-11(9-13)10-14-15-12/h5-6,10H,9H2,1-4H3/t13-/m1/s1. The number of hydrogen-bond donors (Lipinski definition) is 0. The highest BCUT2D eigenvalue weighted by atomic mass is 28.3. The van der Waals surface area contributed by atoms with Gasteiger partial charge in [-0.3, -0.25) is 0 Å². The summed E-state index contributed by atoms with van der Waals surface area (Å²) in [6.45, 7) is 8.97. The summed E-state index contributed by atoms with van der Waals surface area (Å²) in [5, 5.41) is 3.81. The molecule has 0 saturated carbocycles. The first-order chi connectivity index (χ1) is 7.38. The molecule has 2 rings (SSSR count). The molecule has 0 aliphatic heterocycles. The van der Waals surface area contributed by atoms with Crippen molar-refractivity contribution in [2.24, 2.45) is 5.41 Å². The minimum Gasteiger partial charge on any atom is -0.357 e. The first-order valence-electron chi connectivity index (χ1n) is 5.55. The van der Waals surface area contributed by atoms with E-state index in [1.807, 2.05) is 6.08 Å². The maximum absolute atomic E-state index is 5.12. The predicted molar refractivity (Wildman–Crippen MR) is 68.5 cm³/mol. The maximum Gasteiger partial charge on any atom is 0.162 e. The smallest absolute Gasteiger partial charge is 0.162 e. The van der Waals surface area contributed by atoms with E-state index in [0.29, 0.717) is 0 Å². The third-order valence-corrected chi connectivity index (χ3v) is 3.43. The zero-order valence-electron chi connectivity index (χ0n) is 10.3. The fourth-order valence-electron chi connectivity index (χ4n) is 1.67. The third-order valence-electron chi connectivity index (χ3n) is 2.56. The Hall–Kier alpha value is -1.27. The highest BCUT2D eigenvalue weighted by Gasteiger charge is 2.26. The highest BCUT2D eigenvalue weighted by molar-refractivity contribution is 6.83. The van der Waals surface area contributed by atoms with Gasteiger partial charge in [-0.05, 0) is 19.4 Å². The third kappa shape index (κ3) is 2.45. The van der Waals surface area contributed by atoms with Gasteiger partial charge in [0.05, 0.1) is 11.6 Å². The fraction of sp³-hybridized carbons (Fsp3) is 0.462. The van der Waals surface area contributed by atoms with Crippen LogP contribution in [0.4, 0.5) is 0 Å². The summed E-state index contributed by atoms with van der Waals surface area (Å²) in [5.74, 6) is 4.31. The van der Waals surface area contributed by atoms with Gasteiger partial charge in [0.1, 0.15) is 8.07 Å². The molecule has 0 aromatic carbocycles. The molecule has 84 valence electrons. The van der Waals surface area contributed by atoms with Gasteiger partial charge in [-0.15, -0.1) is 5.54 Å². The van der Waals surface area contributed by atoms with Gasteiger partial charge in [-0.2, -0.15) is 0 Å². The van der Waals surface area contributed by atoms with Crippen LogP contribution in [0.1, 0.15) is 18.2 Å². The quantitative estimate of drug-likeness (QED) is 0.506. The lowest BCUT2D eigenvalue weighted by atomic mass is 9.81. The van der Waals surface area contributed by atoms with E-state index >= 15 is 0 Å². The molecule has 0 radical (unpaired) electrons. The summed E-state index contributed by atoms with van der Waals surface area (Å²) >= 11 is 0. The molecule has 16 heavy (non-hydrogen) atoms. The first kappa shape index (κ1) is 11.2. The van der Waals surface area contributed by atoms with Crippen LogP contribution in [0.2, 0.25) is 19.6 Å². The molecule has 3 heteroatoms. The molecule has 0 spiro atoms. The van der Waals surface area contributed by atoms with Gasteiger partial charge in [0, 0.05) is 5.56 Å². The van der Waals surface area contributed by atoms with Gasteiger partial charge in [-0.25, -0.2) is 0 Å². The molecular formula is C13H17NOSi. The van der Waals surface area contributed by atoms with Gasteiger partial charge in [0.25, 0.3) is 0 Å². The molecule has 1 heterocycles. The molecule has 0 bridgehead atoms. The van der Waals surface area contributed by atoms with Crippen molar-refractivity contribution in [2.75, 3.05) is 0 Å². The van der Waals surface area contributed by atoms with Crippen LogP contribution in [-0.2, 0) is 6.42 Å². The molecule has 1 aliphatic rings. The van der Waals surface area contributed by atoms with Crippen molar-refractivity contribution in [2.45, 2.75) is 33.0 Å². The fourth-order valence-corrected chi connectivity index (χ4v) is 2.33. The molecule has 1 aromatic heterocycles. The van der Waals surface area contributed by atoms with Gasteiger partial charge < -0.3 is 4.52 Å². The van der Waals surface area contributed by atoms with E-state index in [1.165, 1.54) is 0 Å². The second-order valence-corrected chi connectivity index (χ2v) is 10.4. The Labute approximate surface area is 97.7 Å². The van der Waals surface area contributed by atoms with Crippen molar-refractivity contribution in [1.82, 2.24) is 5.16 Å². The Morgan fingerprint density at radius 3 is 2.88 bits per heavy atom. The molecule has 1 aromatic rings. The van der Waals surface area contributed by atoms with Crippen LogP contribution in [-0.4, -0.2) is 13.2 Å². The van der Waals surface area contributed by atoms with Crippen LogP contribution in [0.5, 0.6) is 0 Å². The largest absolute Gasteiger partial charge is 0.357 e. The summed E-state index contributed by atoms with van der Waals surface area (Å²) < 4.78 is 5.12. The Kier molecular flexibility index (Phi) is 2.55. The van der Waals surface area contributed by atoms with Crippen molar-refractivity contribution in [1.29, 1.82) is 0 Å². The molecule has 1 aliphatic carbocycles. The number of hydrogen-bond acceptors (Lipinski definition) is 2. The van der Waals surface area contributed by atoms with E-state index in [-0.39, 0.29) is 5.41 Å². The summed E-state index contributed by atoms with van der Waals surface area (Å²) in [6, 6.07) is 0. The summed E-state index contributed by atoms with van der Waals surface area (Å²) in [5.41, 5.74) is 4.55. The molecule has 0 unspecified atom stereocenters. The van der Waals surface area contributed by atoms with E-state index in [9.17, 15) is 0 Å². The number of nitrogens with zero attached hydrogens (tertiary/aromatic N) is 1. The highest BCUT2D eigenvalue weighted by Crippen LogP contribution is 2.31. The van der Waals surface area contributed by atoms with Crippen molar-refractivity contribution >= 4 is 14.1 Å². The normalized spacial score (nSPS) is 23.5. The van der Waals surface area contributed by atoms with Crippen LogP contribution >= 0.6 is 0 Å². The van der Waals surface area contributed by atoms with Crippen molar-refractivity contribution in [3.63, 3.8) is 0 Å². The topological polar surface area (TPSA) is 26.0 Å². The zero-order chi connectivity index (χ0) is 11.8. The molecule has 0 fully saturated rings. The first-order valence-corrected chi connectivity index (χ1v) is 9.05. The van der Waals surface area contributed by atoms with Crippen molar-refractivity contribution in [3.05, 3.63) is 23.6 Å². The lowest BCUT2D eigenvalue weighted by Gasteiger charge is -2.22. The average Bonchev–Trinajstić information content (AvgIpc) is 2.61. The number of aromatic nitrogens is 1. The molecular weight excluding hydrogens is 214 g/mol. The van der Waals surface area contributed by atoms with Crippen LogP contribution < -0.4 is 0 Å². The second kappa shape index (κ2) is 3.64. The van der Waals surface area contributed by atoms with Crippen molar-refractivity contribution < 1.29 is 4.52 Å². The van der Waals surface area contributed by atoms with Crippen LogP contribution in [0.3, 0.4) is 0 Å². The van der Waals surface area contributed by atoms with Gasteiger partial charge >= 0.3 is 0 Å². The Bertz CT molecular complexity index is 484. The zero-order valence-corrected chi connectivity index (χ0v) is 11.3. The predicted octanol–water partition coefficient (Wildman–Crippen LogP) is 3.13. The minimum atomic E-state index is -1.30. The molecule has 1 atom stereocenters. The SMILES string of the molecule is C[C@]1(C#C[Si](C)(C)C)C=Cc2oncc2C1. The Morgan fingerprint density at radius 2 is 2.19 bits per heavy atom. The van der Waals surface area contributed by atoms with Gasteiger partial charge in [0.15, 0.2) is 5.76 Å². The second-order valence-electron chi connectivity index (χ2n) is 5.64. The number of rotatable bonds is 0. The Balaban J connectivity index is 2.26. The minimum absolute atomic E-state index is 0.0567. The van der Waals surface area contributed by atoms with Crippen molar-refractivity contribution in [3.8, 4) is 11.5 Å². The maximum atomic E-state index is 5.12. The van der Waals surface area contributed by atoms with E-state index in [2.05, 4.69) is 49.3 Å². The van der Waals surface area contributed by atoms with Crippen LogP contribution in [0.25, 0.3) is 6.08 Å². The number of fused-ring (bicyclic) bond motifs is 1. The van der Waals surface area contributed by atoms with Gasteiger partial charge in [-0.1, -0.05) is 36.8 Å². The van der Waals surface area contributed by atoms with E-state index in [0.717, 1.165) is 17.7 Å². The molecule has 0 N–H and O–H groups in total. The lowest BCUT2D eigenvalue weighted by molar-refractivity contribution is 0.407. The van der Waals surface area contributed by atoms with E-state index < -0.39 is 8.07 Å². The summed E-state index contributed by atoms with van der Waals surface area (Å²) in [6.07, 6.45) is 6.82. The average molecular weight is 231 g/mol. The Morgan fingerprint density at radius 1 is 1.44 bits per heavy atom.